The van der Waals surface area contributed by atoms with Gasteiger partial charge in [-0.25, -0.2) is 4.98 Å². The predicted octanol–water partition coefficient (Wildman–Crippen LogP) is 3.44. The zero-order valence-electron chi connectivity index (χ0n) is 18.1. The van der Waals surface area contributed by atoms with Crippen molar-refractivity contribution in [1.82, 2.24) is 14.8 Å². The molecule has 2 aromatic rings. The molecule has 164 valence electrons. The largest absolute Gasteiger partial charge is 0.503 e. The van der Waals surface area contributed by atoms with Crippen LogP contribution in [-0.2, 0) is 4.79 Å². The zero-order valence-corrected chi connectivity index (χ0v) is 18.9. The summed E-state index contributed by atoms with van der Waals surface area (Å²) in [6.45, 7) is 6.77. The number of Topliss-reactive ketones (excluding diaryl/α,β-unsaturated/α-hetero) is 1. The number of thiazole rings is 1. The molecule has 1 atom stereocenters. The van der Waals surface area contributed by atoms with E-state index in [-0.39, 0.29) is 11.4 Å². The Hall–Kier alpha value is -2.71. The number of aliphatic hydroxyl groups is 1. The average molecular weight is 442 g/mol. The summed E-state index contributed by atoms with van der Waals surface area (Å²) in [7, 11) is 1.58. The minimum atomic E-state index is -0.667. The Bertz CT molecular complexity index is 1040. The van der Waals surface area contributed by atoms with Crippen LogP contribution >= 0.6 is 11.3 Å². The summed E-state index contributed by atoms with van der Waals surface area (Å²) in [6, 6.07) is 6.66. The molecule has 1 N–H and O–H groups in total. The molecule has 1 unspecified atom stereocenters. The number of ether oxygens (including phenoxy) is 1. The highest BCUT2D eigenvalue weighted by molar-refractivity contribution is 7.14. The van der Waals surface area contributed by atoms with E-state index in [0.717, 1.165) is 36.5 Å². The number of amides is 1. The lowest BCUT2D eigenvalue weighted by Gasteiger charge is -2.28. The lowest BCUT2D eigenvalue weighted by atomic mass is 9.95. The first-order valence-electron chi connectivity index (χ1n) is 10.5. The van der Waals surface area contributed by atoms with Crippen molar-refractivity contribution in [3.8, 4) is 5.75 Å². The average Bonchev–Trinajstić information content (AvgIpc) is 3.46. The number of likely N-dealkylation sites (tertiary alicyclic amines) is 1. The Morgan fingerprint density at radius 1 is 1.26 bits per heavy atom. The number of aromatic nitrogens is 1. The molecule has 1 amide bonds. The molecule has 0 aliphatic carbocycles. The molecule has 1 aromatic carbocycles. The van der Waals surface area contributed by atoms with E-state index in [4.69, 9.17) is 4.74 Å². The van der Waals surface area contributed by atoms with E-state index < -0.39 is 17.7 Å². The molecule has 0 spiro atoms. The first-order valence-corrected chi connectivity index (χ1v) is 11.3. The molecule has 0 saturated carbocycles. The number of rotatable bonds is 7. The summed E-state index contributed by atoms with van der Waals surface area (Å²) in [6.07, 6.45) is 2.31. The van der Waals surface area contributed by atoms with Crippen molar-refractivity contribution in [3.05, 3.63) is 56.7 Å². The van der Waals surface area contributed by atoms with Gasteiger partial charge in [0.1, 0.15) is 5.75 Å². The van der Waals surface area contributed by atoms with Crippen LogP contribution in [0.4, 0.5) is 0 Å². The van der Waals surface area contributed by atoms with Gasteiger partial charge in [-0.15, -0.1) is 11.3 Å². The molecule has 0 bridgehead atoms. The Kier molecular flexibility index (Phi) is 6.11. The van der Waals surface area contributed by atoms with Gasteiger partial charge in [0.25, 0.3) is 5.91 Å². The Balaban J connectivity index is 1.73. The van der Waals surface area contributed by atoms with Gasteiger partial charge >= 0.3 is 0 Å². The molecule has 3 heterocycles. The van der Waals surface area contributed by atoms with Crippen molar-refractivity contribution in [2.24, 2.45) is 0 Å². The lowest BCUT2D eigenvalue weighted by molar-refractivity contribution is -0.129. The Labute approximate surface area is 186 Å². The highest BCUT2D eigenvalue weighted by Gasteiger charge is 2.44. The van der Waals surface area contributed by atoms with E-state index in [1.54, 1.807) is 18.9 Å². The lowest BCUT2D eigenvalue weighted by Crippen LogP contribution is -2.37. The van der Waals surface area contributed by atoms with Crippen LogP contribution in [0.15, 0.2) is 35.6 Å². The fourth-order valence-electron chi connectivity index (χ4n) is 4.39. The fourth-order valence-corrected chi connectivity index (χ4v) is 5.27. The standard InChI is InChI=1S/C23H27N3O4S/c1-14-22(31-15(2)24-14)20(27)18-19(16-7-6-8-17(13-16)30-3)26(23(29)21(18)28)12-11-25-9-4-5-10-25/h6-8,13,19,28H,4-5,9-12H2,1-3H3. The second-order valence-electron chi connectivity index (χ2n) is 7.97. The van der Waals surface area contributed by atoms with E-state index in [1.807, 2.05) is 31.2 Å². The minimum absolute atomic E-state index is 0.117. The molecule has 2 aliphatic heterocycles. The van der Waals surface area contributed by atoms with E-state index >= 15 is 0 Å². The normalized spacial score (nSPS) is 19.5. The second-order valence-corrected chi connectivity index (χ2v) is 9.17. The smallest absolute Gasteiger partial charge is 0.290 e. The van der Waals surface area contributed by atoms with Crippen molar-refractivity contribution >= 4 is 23.0 Å². The number of carbonyl (C=O) groups is 2. The van der Waals surface area contributed by atoms with Gasteiger partial charge in [0.15, 0.2) is 5.76 Å². The van der Waals surface area contributed by atoms with Gasteiger partial charge in [0.05, 0.1) is 34.3 Å². The van der Waals surface area contributed by atoms with Crippen LogP contribution in [0.5, 0.6) is 5.75 Å². The van der Waals surface area contributed by atoms with E-state index in [1.165, 1.54) is 11.3 Å². The van der Waals surface area contributed by atoms with Crippen molar-refractivity contribution in [2.75, 3.05) is 33.3 Å². The van der Waals surface area contributed by atoms with Gasteiger partial charge in [-0.3, -0.25) is 9.59 Å². The molecular formula is C23H27N3O4S. The van der Waals surface area contributed by atoms with Gasteiger partial charge in [0, 0.05) is 13.1 Å². The van der Waals surface area contributed by atoms with Gasteiger partial charge in [-0.1, -0.05) is 12.1 Å². The zero-order chi connectivity index (χ0) is 22.1. The van der Waals surface area contributed by atoms with Crippen molar-refractivity contribution in [1.29, 1.82) is 0 Å². The SMILES string of the molecule is COc1cccc(C2C(C(=O)c3sc(C)nc3C)=C(O)C(=O)N2CCN2CCCC2)c1. The van der Waals surface area contributed by atoms with E-state index in [9.17, 15) is 14.7 Å². The van der Waals surface area contributed by atoms with Crippen LogP contribution in [0.2, 0.25) is 0 Å². The van der Waals surface area contributed by atoms with Gasteiger partial charge in [-0.05, 0) is 57.5 Å². The van der Waals surface area contributed by atoms with Gasteiger partial charge < -0.3 is 19.6 Å². The number of hydrogen-bond donors (Lipinski definition) is 1. The topological polar surface area (TPSA) is 83.0 Å². The van der Waals surface area contributed by atoms with Crippen LogP contribution in [0.25, 0.3) is 0 Å². The highest BCUT2D eigenvalue weighted by Crippen LogP contribution is 2.40. The predicted molar refractivity (Wildman–Crippen MR) is 119 cm³/mol. The van der Waals surface area contributed by atoms with Crippen LogP contribution in [-0.4, -0.2) is 64.9 Å². The molecule has 1 saturated heterocycles. The molecule has 7 nitrogen and oxygen atoms in total. The number of hydrogen-bond acceptors (Lipinski definition) is 7. The fraction of sp³-hybridized carbons (Fsp3) is 0.435. The molecule has 4 rings (SSSR count). The number of benzene rings is 1. The molecular weight excluding hydrogens is 414 g/mol. The molecule has 8 heteroatoms. The van der Waals surface area contributed by atoms with Crippen molar-refractivity contribution < 1.29 is 19.4 Å². The summed E-state index contributed by atoms with van der Waals surface area (Å²) in [5.74, 6) is -0.683. The van der Waals surface area contributed by atoms with Gasteiger partial charge in [0.2, 0.25) is 5.78 Å². The van der Waals surface area contributed by atoms with Gasteiger partial charge in [-0.2, -0.15) is 0 Å². The maximum absolute atomic E-state index is 13.5. The van der Waals surface area contributed by atoms with Crippen LogP contribution in [0, 0.1) is 13.8 Å². The van der Waals surface area contributed by atoms with Crippen LogP contribution < -0.4 is 4.74 Å². The quantitative estimate of drug-likeness (QED) is 0.663. The second kappa shape index (κ2) is 8.80. The number of nitrogens with zero attached hydrogens (tertiary/aromatic N) is 3. The number of ketones is 1. The van der Waals surface area contributed by atoms with E-state index in [2.05, 4.69) is 9.88 Å². The summed E-state index contributed by atoms with van der Waals surface area (Å²) in [5.41, 5.74) is 1.46. The third-order valence-electron chi connectivity index (χ3n) is 5.92. The number of methoxy groups -OCH3 is 1. The molecule has 31 heavy (non-hydrogen) atoms. The number of aliphatic hydroxyl groups excluding tert-OH is 1. The number of carbonyl (C=O) groups excluding carboxylic acids is 2. The maximum atomic E-state index is 13.5. The third-order valence-corrected chi connectivity index (χ3v) is 7.00. The Morgan fingerprint density at radius 2 is 2.00 bits per heavy atom. The first kappa shape index (κ1) is 21.5. The Morgan fingerprint density at radius 3 is 2.65 bits per heavy atom. The molecule has 1 fully saturated rings. The van der Waals surface area contributed by atoms with Crippen molar-refractivity contribution in [2.45, 2.75) is 32.7 Å². The molecule has 2 aliphatic rings. The maximum Gasteiger partial charge on any atom is 0.290 e. The summed E-state index contributed by atoms with van der Waals surface area (Å²) >= 11 is 1.28. The summed E-state index contributed by atoms with van der Waals surface area (Å²) in [5, 5.41) is 11.6. The van der Waals surface area contributed by atoms with Crippen molar-refractivity contribution in [3.63, 3.8) is 0 Å². The van der Waals surface area contributed by atoms with Crippen LogP contribution in [0.3, 0.4) is 0 Å². The van der Waals surface area contributed by atoms with E-state index in [0.29, 0.717) is 29.4 Å². The molecule has 0 radical (unpaired) electrons. The monoisotopic (exact) mass is 441 g/mol. The van der Waals surface area contributed by atoms with Crippen LogP contribution in [0.1, 0.15) is 44.8 Å². The summed E-state index contributed by atoms with van der Waals surface area (Å²) in [4.78, 5) is 35.3. The minimum Gasteiger partial charge on any atom is -0.503 e. The third kappa shape index (κ3) is 4.09. The number of aryl methyl sites for hydroxylation is 2. The summed E-state index contributed by atoms with van der Waals surface area (Å²) < 4.78 is 5.36. The molecule has 1 aromatic heterocycles. The highest BCUT2D eigenvalue weighted by atomic mass is 32.1. The first-order chi connectivity index (χ1) is 14.9.